The van der Waals surface area contributed by atoms with Crippen molar-refractivity contribution in [3.05, 3.63) is 23.8 Å². The monoisotopic (exact) mass is 527 g/mol. The molecule has 0 amide bonds. The average Bonchev–Trinajstić information content (AvgIpc) is 2.82. The maximum absolute atomic E-state index is 12.5. The highest BCUT2D eigenvalue weighted by Crippen LogP contribution is 2.30. The maximum atomic E-state index is 12.5. The zero-order valence-electron chi connectivity index (χ0n) is 22.3. The molecule has 1 rings (SSSR count). The fraction of sp³-hybridized carbons (Fsp3) is 0.600. The summed E-state index contributed by atoms with van der Waals surface area (Å²) >= 11 is 0. The minimum absolute atomic E-state index is 0.00668. The Kier molecular flexibility index (Phi) is 13.2. The van der Waals surface area contributed by atoms with E-state index in [-0.39, 0.29) is 43.0 Å². The Morgan fingerprint density at radius 1 is 0.757 bits per heavy atom. The Hall–Kier alpha value is -3.54. The van der Waals surface area contributed by atoms with E-state index in [0.29, 0.717) is 5.56 Å². The van der Waals surface area contributed by atoms with E-state index < -0.39 is 42.7 Å². The SMILES string of the molecule is COC(=O)O[C@@H](C)[C@H](C)OC(=O)[C@@H](N)Cc1ccc(OC(=O)OCC(C)C)c(OC(=O)OCC(C)C)c1. The lowest BCUT2D eigenvalue weighted by atomic mass is 10.1. The minimum Gasteiger partial charge on any atom is -0.458 e. The number of rotatable bonds is 12. The quantitative estimate of drug-likeness (QED) is 0.237. The summed E-state index contributed by atoms with van der Waals surface area (Å²) in [5.74, 6) is -0.785. The largest absolute Gasteiger partial charge is 0.513 e. The molecule has 12 heteroatoms. The minimum atomic E-state index is -1.10. The molecule has 0 aliphatic heterocycles. The molecule has 2 N–H and O–H groups in total. The first kappa shape index (κ1) is 31.5. The fourth-order valence-corrected chi connectivity index (χ4v) is 2.55. The molecule has 0 saturated heterocycles. The van der Waals surface area contributed by atoms with E-state index in [2.05, 4.69) is 4.74 Å². The van der Waals surface area contributed by atoms with Crippen LogP contribution in [0.5, 0.6) is 11.5 Å². The Morgan fingerprint density at radius 2 is 1.27 bits per heavy atom. The highest BCUT2D eigenvalue weighted by atomic mass is 16.7. The molecule has 0 aromatic heterocycles. The molecule has 1 aromatic rings. The molecule has 0 aliphatic rings. The summed E-state index contributed by atoms with van der Waals surface area (Å²) in [4.78, 5) is 47.9. The highest BCUT2D eigenvalue weighted by Gasteiger charge is 2.25. The molecule has 0 heterocycles. The van der Waals surface area contributed by atoms with Crippen molar-refractivity contribution in [2.75, 3.05) is 20.3 Å². The first-order valence-electron chi connectivity index (χ1n) is 11.8. The van der Waals surface area contributed by atoms with Crippen LogP contribution in [0, 0.1) is 11.8 Å². The second-order valence-corrected chi connectivity index (χ2v) is 9.12. The molecule has 0 aliphatic carbocycles. The van der Waals surface area contributed by atoms with E-state index in [1.54, 1.807) is 0 Å². The van der Waals surface area contributed by atoms with Crippen molar-refractivity contribution in [1.82, 2.24) is 0 Å². The smallest absolute Gasteiger partial charge is 0.458 e. The van der Waals surface area contributed by atoms with Crippen molar-refractivity contribution >= 4 is 24.4 Å². The molecule has 3 atom stereocenters. The van der Waals surface area contributed by atoms with Crippen LogP contribution in [0.1, 0.15) is 47.1 Å². The predicted molar refractivity (Wildman–Crippen MR) is 130 cm³/mol. The summed E-state index contributed by atoms with van der Waals surface area (Å²) in [6.45, 7) is 10.8. The van der Waals surface area contributed by atoms with Crippen LogP contribution in [-0.2, 0) is 34.9 Å². The molecule has 0 saturated carbocycles. The summed E-state index contributed by atoms with van der Waals surface area (Å²) in [5.41, 5.74) is 6.48. The van der Waals surface area contributed by atoms with Gasteiger partial charge in [0.05, 0.1) is 20.3 Å². The third-order valence-electron chi connectivity index (χ3n) is 4.63. The molecule has 0 bridgehead atoms. The van der Waals surface area contributed by atoms with E-state index in [1.165, 1.54) is 32.0 Å². The van der Waals surface area contributed by atoms with Gasteiger partial charge in [0, 0.05) is 0 Å². The number of hydrogen-bond donors (Lipinski definition) is 1. The topological polar surface area (TPSA) is 159 Å². The van der Waals surface area contributed by atoms with Crippen LogP contribution in [0.3, 0.4) is 0 Å². The molecule has 0 fully saturated rings. The van der Waals surface area contributed by atoms with Crippen LogP contribution in [0.2, 0.25) is 0 Å². The second-order valence-electron chi connectivity index (χ2n) is 9.12. The van der Waals surface area contributed by atoms with E-state index in [1.807, 2.05) is 27.7 Å². The zero-order chi connectivity index (χ0) is 28.1. The van der Waals surface area contributed by atoms with Crippen molar-refractivity contribution in [1.29, 1.82) is 0 Å². The Labute approximate surface area is 216 Å². The van der Waals surface area contributed by atoms with Crippen molar-refractivity contribution in [3.8, 4) is 11.5 Å². The first-order valence-corrected chi connectivity index (χ1v) is 11.8. The summed E-state index contributed by atoms with van der Waals surface area (Å²) in [5, 5.41) is 0. The van der Waals surface area contributed by atoms with Gasteiger partial charge >= 0.3 is 24.4 Å². The van der Waals surface area contributed by atoms with Gasteiger partial charge in [0.25, 0.3) is 0 Å². The summed E-state index contributed by atoms with van der Waals surface area (Å²) in [7, 11) is 1.16. The van der Waals surface area contributed by atoms with Gasteiger partial charge in [0.2, 0.25) is 0 Å². The van der Waals surface area contributed by atoms with Crippen LogP contribution >= 0.6 is 0 Å². The van der Waals surface area contributed by atoms with Gasteiger partial charge in [-0.05, 0) is 49.8 Å². The Morgan fingerprint density at radius 3 is 1.78 bits per heavy atom. The molecule has 1 aromatic carbocycles. The normalized spacial score (nSPS) is 13.2. The first-order chi connectivity index (χ1) is 17.3. The van der Waals surface area contributed by atoms with Gasteiger partial charge in [-0.25, -0.2) is 14.4 Å². The molecule has 37 heavy (non-hydrogen) atoms. The van der Waals surface area contributed by atoms with Gasteiger partial charge < -0.3 is 38.9 Å². The third kappa shape index (κ3) is 12.3. The van der Waals surface area contributed by atoms with Crippen LogP contribution < -0.4 is 15.2 Å². The van der Waals surface area contributed by atoms with Gasteiger partial charge in [-0.15, -0.1) is 0 Å². The molecule has 0 radical (unpaired) electrons. The Bertz CT molecular complexity index is 916. The van der Waals surface area contributed by atoms with E-state index in [4.69, 9.17) is 34.2 Å². The zero-order valence-corrected chi connectivity index (χ0v) is 22.3. The standard InChI is InChI=1S/C25H37NO11/c1-14(2)12-32-24(29)36-20-9-8-18(11-21(20)37-25(30)33-13-15(3)4)10-19(26)22(27)34-16(5)17(6)35-23(28)31-7/h8-9,11,14-17,19H,10,12-13,26H2,1-7H3/t16-,17-,19-/m0/s1. The highest BCUT2D eigenvalue weighted by molar-refractivity contribution is 5.76. The van der Waals surface area contributed by atoms with Gasteiger partial charge in [-0.3, -0.25) is 4.79 Å². The summed E-state index contributed by atoms with van der Waals surface area (Å²) < 4.78 is 35.1. The van der Waals surface area contributed by atoms with E-state index in [0.717, 1.165) is 7.11 Å². The summed E-state index contributed by atoms with van der Waals surface area (Å²) in [6, 6.07) is 3.21. The summed E-state index contributed by atoms with van der Waals surface area (Å²) in [6.07, 6.45) is -4.45. The maximum Gasteiger partial charge on any atom is 0.513 e. The lowest BCUT2D eigenvalue weighted by Gasteiger charge is -2.22. The lowest BCUT2D eigenvalue weighted by molar-refractivity contribution is -0.155. The number of carbonyl (C=O) groups excluding carboxylic acids is 4. The number of esters is 1. The van der Waals surface area contributed by atoms with Crippen LogP contribution in [0.25, 0.3) is 0 Å². The number of benzene rings is 1. The molecule has 12 nitrogen and oxygen atoms in total. The van der Waals surface area contributed by atoms with Crippen molar-refractivity contribution in [2.45, 2.75) is 66.2 Å². The second kappa shape index (κ2) is 15.5. The van der Waals surface area contributed by atoms with Gasteiger partial charge in [0.15, 0.2) is 11.5 Å². The van der Waals surface area contributed by atoms with E-state index in [9.17, 15) is 19.2 Å². The average molecular weight is 528 g/mol. The predicted octanol–water partition coefficient (Wildman–Crippen LogP) is 4.00. The number of carbonyl (C=O) groups is 4. The number of methoxy groups -OCH3 is 1. The molecule has 0 unspecified atom stereocenters. The van der Waals surface area contributed by atoms with Crippen molar-refractivity contribution in [2.24, 2.45) is 17.6 Å². The number of nitrogens with two attached hydrogens (primary N) is 1. The molecule has 208 valence electrons. The lowest BCUT2D eigenvalue weighted by Crippen LogP contribution is -2.39. The van der Waals surface area contributed by atoms with Gasteiger partial charge in [-0.2, -0.15) is 0 Å². The number of hydrogen-bond acceptors (Lipinski definition) is 12. The van der Waals surface area contributed by atoms with E-state index >= 15 is 0 Å². The van der Waals surface area contributed by atoms with Gasteiger partial charge in [0.1, 0.15) is 18.2 Å². The van der Waals surface area contributed by atoms with Gasteiger partial charge in [-0.1, -0.05) is 33.8 Å². The Balaban J connectivity index is 2.95. The number of ether oxygens (including phenoxy) is 7. The van der Waals surface area contributed by atoms with Crippen molar-refractivity contribution < 1.29 is 52.3 Å². The molecule has 0 spiro atoms. The molecular formula is C25H37NO11. The fourth-order valence-electron chi connectivity index (χ4n) is 2.55. The van der Waals surface area contributed by atoms with Crippen LogP contribution in [0.15, 0.2) is 18.2 Å². The van der Waals surface area contributed by atoms with Crippen molar-refractivity contribution in [3.63, 3.8) is 0 Å². The van der Waals surface area contributed by atoms with Crippen LogP contribution in [0.4, 0.5) is 14.4 Å². The third-order valence-corrected chi connectivity index (χ3v) is 4.63. The van der Waals surface area contributed by atoms with Crippen LogP contribution in [-0.4, -0.2) is 63.0 Å². The molecular weight excluding hydrogens is 490 g/mol.